The fourth-order valence-electron chi connectivity index (χ4n) is 4.18. The zero-order valence-electron chi connectivity index (χ0n) is 19.2. The second-order valence-electron chi connectivity index (χ2n) is 8.75. The lowest BCUT2D eigenvalue weighted by atomic mass is 9.94. The molecule has 1 saturated heterocycles. The summed E-state index contributed by atoms with van der Waals surface area (Å²) in [6.45, 7) is 1.83. The first-order chi connectivity index (χ1) is 17.0. The van der Waals surface area contributed by atoms with E-state index in [-0.39, 0.29) is 29.2 Å². The Morgan fingerprint density at radius 2 is 1.75 bits per heavy atom. The molecule has 0 aromatic heterocycles. The van der Waals surface area contributed by atoms with Crippen molar-refractivity contribution in [1.82, 2.24) is 4.90 Å². The summed E-state index contributed by atoms with van der Waals surface area (Å²) in [6.07, 6.45) is -0.618. The van der Waals surface area contributed by atoms with E-state index >= 15 is 0 Å². The van der Waals surface area contributed by atoms with Gasteiger partial charge in [0.05, 0.1) is 22.7 Å². The quantitative estimate of drug-likeness (QED) is 0.533. The van der Waals surface area contributed by atoms with Crippen LogP contribution >= 0.6 is 0 Å². The van der Waals surface area contributed by atoms with Gasteiger partial charge in [-0.15, -0.1) is 0 Å². The predicted octanol–water partition coefficient (Wildman–Crippen LogP) is 4.09. The molecular formula is C24H25F3N4O4S. The molecule has 2 heterocycles. The van der Waals surface area contributed by atoms with Crippen molar-refractivity contribution in [3.8, 4) is 0 Å². The summed E-state index contributed by atoms with van der Waals surface area (Å²) in [5.74, 6) is -3.03. The Bertz CT molecular complexity index is 1290. The SMILES string of the molecule is O=C(Nc1cc(NS(=O)(=O)CCN2CCCCC2)cc(C(F)(F)F)c1)C1C=Nc2ccccc2C1=O. The van der Waals surface area contributed by atoms with Gasteiger partial charge in [-0.05, 0) is 56.3 Å². The van der Waals surface area contributed by atoms with Crippen molar-refractivity contribution in [2.75, 3.05) is 35.4 Å². The van der Waals surface area contributed by atoms with Crippen LogP contribution in [0.4, 0.5) is 30.2 Å². The largest absolute Gasteiger partial charge is 0.416 e. The Labute approximate surface area is 206 Å². The molecule has 192 valence electrons. The van der Waals surface area contributed by atoms with Crippen LogP contribution in [0.5, 0.6) is 0 Å². The number of amides is 1. The van der Waals surface area contributed by atoms with E-state index in [2.05, 4.69) is 15.0 Å². The van der Waals surface area contributed by atoms with E-state index in [1.807, 2.05) is 4.90 Å². The van der Waals surface area contributed by atoms with E-state index in [0.717, 1.165) is 44.6 Å². The number of aliphatic imine (C=N–C) groups is 1. The normalized spacial score (nSPS) is 18.5. The number of benzene rings is 2. The molecule has 2 aliphatic rings. The monoisotopic (exact) mass is 522 g/mol. The van der Waals surface area contributed by atoms with Crippen LogP contribution in [0.2, 0.25) is 0 Å². The highest BCUT2D eigenvalue weighted by atomic mass is 32.2. The highest BCUT2D eigenvalue weighted by molar-refractivity contribution is 7.92. The number of hydrogen-bond acceptors (Lipinski definition) is 6. The standard InChI is InChI=1S/C24H25F3N4O4S/c25-24(26,27)16-12-17(29-23(33)20-15-28-21-7-3-2-6-19(21)22(20)32)14-18(13-16)30-36(34,35)11-10-31-8-4-1-5-9-31/h2-3,6-7,12-15,20,30H,1,4-5,8-11H2,(H,29,33). The number of halogens is 3. The van der Waals surface area contributed by atoms with Gasteiger partial charge in [0.15, 0.2) is 5.78 Å². The number of nitrogens with zero attached hydrogens (tertiary/aromatic N) is 2. The van der Waals surface area contributed by atoms with E-state index in [1.54, 1.807) is 18.2 Å². The van der Waals surface area contributed by atoms with Crippen LogP contribution in [0.15, 0.2) is 47.5 Å². The summed E-state index contributed by atoms with van der Waals surface area (Å²) in [5, 5.41) is 2.30. The van der Waals surface area contributed by atoms with E-state index < -0.39 is 39.4 Å². The fourth-order valence-corrected chi connectivity index (χ4v) is 5.25. The smallest absolute Gasteiger partial charge is 0.325 e. The molecule has 12 heteroatoms. The summed E-state index contributed by atoms with van der Waals surface area (Å²) in [6, 6.07) is 8.85. The third-order valence-corrected chi connectivity index (χ3v) is 7.29. The molecule has 0 bridgehead atoms. The lowest BCUT2D eigenvalue weighted by Crippen LogP contribution is -2.35. The van der Waals surface area contributed by atoms with Crippen LogP contribution in [0.25, 0.3) is 0 Å². The second kappa shape index (κ2) is 10.4. The first-order valence-corrected chi connectivity index (χ1v) is 13.1. The second-order valence-corrected chi connectivity index (χ2v) is 10.6. The third-order valence-electron chi connectivity index (χ3n) is 6.02. The fraction of sp³-hybridized carbons (Fsp3) is 0.375. The minimum Gasteiger partial charge on any atom is -0.325 e. The third kappa shape index (κ3) is 6.30. The molecule has 4 rings (SSSR count). The van der Waals surface area contributed by atoms with Crippen LogP contribution in [-0.2, 0) is 21.0 Å². The van der Waals surface area contributed by atoms with Crippen LogP contribution in [0.1, 0.15) is 35.2 Å². The van der Waals surface area contributed by atoms with Crippen molar-refractivity contribution >= 4 is 45.0 Å². The summed E-state index contributed by atoms with van der Waals surface area (Å²) in [7, 11) is -3.95. The number of para-hydroxylation sites is 1. The maximum absolute atomic E-state index is 13.5. The topological polar surface area (TPSA) is 108 Å². The lowest BCUT2D eigenvalue weighted by Gasteiger charge is -2.26. The summed E-state index contributed by atoms with van der Waals surface area (Å²) >= 11 is 0. The average molecular weight is 523 g/mol. The molecule has 1 unspecified atom stereocenters. The Morgan fingerprint density at radius 3 is 2.47 bits per heavy atom. The molecule has 1 fully saturated rings. The molecule has 36 heavy (non-hydrogen) atoms. The molecule has 2 aliphatic heterocycles. The van der Waals surface area contributed by atoms with Crippen molar-refractivity contribution < 1.29 is 31.2 Å². The lowest BCUT2D eigenvalue weighted by molar-refractivity contribution is -0.137. The highest BCUT2D eigenvalue weighted by Gasteiger charge is 2.33. The molecule has 0 aliphatic carbocycles. The zero-order valence-corrected chi connectivity index (χ0v) is 20.0. The summed E-state index contributed by atoms with van der Waals surface area (Å²) in [5.41, 5.74) is -1.17. The first kappa shape index (κ1) is 25.8. The molecular weight excluding hydrogens is 497 g/mol. The Balaban J connectivity index is 1.51. The number of Topliss-reactive ketones (excluding diaryl/α,β-unsaturated/α-hetero) is 1. The maximum atomic E-state index is 13.5. The molecule has 0 saturated carbocycles. The van der Waals surface area contributed by atoms with Crippen molar-refractivity contribution in [3.63, 3.8) is 0 Å². The minimum atomic E-state index is -4.80. The van der Waals surface area contributed by atoms with E-state index in [1.165, 1.54) is 6.07 Å². The Morgan fingerprint density at radius 1 is 1.06 bits per heavy atom. The van der Waals surface area contributed by atoms with Crippen molar-refractivity contribution in [3.05, 3.63) is 53.6 Å². The average Bonchev–Trinajstić information content (AvgIpc) is 2.83. The first-order valence-electron chi connectivity index (χ1n) is 11.5. The number of likely N-dealkylation sites (tertiary alicyclic amines) is 1. The van der Waals surface area contributed by atoms with E-state index in [4.69, 9.17) is 0 Å². The summed E-state index contributed by atoms with van der Waals surface area (Å²) < 4.78 is 67.9. The van der Waals surface area contributed by atoms with E-state index in [0.29, 0.717) is 17.8 Å². The number of sulfonamides is 1. The number of anilines is 2. The zero-order chi connectivity index (χ0) is 25.9. The van der Waals surface area contributed by atoms with Gasteiger partial charge in [0.1, 0.15) is 5.92 Å². The Hall–Kier alpha value is -3.25. The number of alkyl halides is 3. The van der Waals surface area contributed by atoms with Crippen molar-refractivity contribution in [2.45, 2.75) is 25.4 Å². The number of carbonyl (C=O) groups is 2. The molecule has 2 aromatic carbocycles. The number of nitrogens with one attached hydrogen (secondary N) is 2. The van der Waals surface area contributed by atoms with Gasteiger partial charge >= 0.3 is 6.18 Å². The molecule has 0 spiro atoms. The van der Waals surface area contributed by atoms with Crippen molar-refractivity contribution in [1.29, 1.82) is 0 Å². The van der Waals surface area contributed by atoms with Gasteiger partial charge in [-0.3, -0.25) is 19.3 Å². The number of hydrogen-bond donors (Lipinski definition) is 2. The number of ketones is 1. The summed E-state index contributed by atoms with van der Waals surface area (Å²) in [4.78, 5) is 31.6. The van der Waals surface area contributed by atoms with Crippen molar-refractivity contribution in [2.24, 2.45) is 10.9 Å². The Kier molecular flexibility index (Phi) is 7.46. The van der Waals surface area contributed by atoms with Gasteiger partial charge in [-0.25, -0.2) is 8.42 Å². The van der Waals surface area contributed by atoms with Crippen LogP contribution in [-0.4, -0.2) is 56.6 Å². The number of fused-ring (bicyclic) bond motifs is 1. The van der Waals surface area contributed by atoms with Gasteiger partial charge in [0.25, 0.3) is 0 Å². The molecule has 1 atom stereocenters. The molecule has 0 radical (unpaired) electrons. The highest BCUT2D eigenvalue weighted by Crippen LogP contribution is 2.34. The molecule has 2 aromatic rings. The number of carbonyl (C=O) groups excluding carboxylic acids is 2. The molecule has 1 amide bonds. The number of piperidine rings is 1. The van der Waals surface area contributed by atoms with Gasteiger partial charge in [-0.2, -0.15) is 13.2 Å². The maximum Gasteiger partial charge on any atom is 0.416 e. The van der Waals surface area contributed by atoms with Gasteiger partial charge in [0, 0.05) is 24.0 Å². The molecule has 8 nitrogen and oxygen atoms in total. The van der Waals surface area contributed by atoms with Crippen LogP contribution in [0.3, 0.4) is 0 Å². The minimum absolute atomic E-state index is 0.228. The number of rotatable bonds is 7. The van der Waals surface area contributed by atoms with E-state index in [9.17, 15) is 31.2 Å². The van der Waals surface area contributed by atoms with Gasteiger partial charge in [0.2, 0.25) is 15.9 Å². The van der Waals surface area contributed by atoms with Gasteiger partial charge < -0.3 is 10.2 Å². The predicted molar refractivity (Wildman–Crippen MR) is 130 cm³/mol. The van der Waals surface area contributed by atoms with Crippen LogP contribution < -0.4 is 10.0 Å². The molecule has 2 N–H and O–H groups in total. The van der Waals surface area contributed by atoms with Crippen LogP contribution in [0, 0.1) is 5.92 Å². The van der Waals surface area contributed by atoms with Gasteiger partial charge in [-0.1, -0.05) is 18.6 Å².